The van der Waals surface area contributed by atoms with E-state index in [1.54, 1.807) is 4.90 Å². The van der Waals surface area contributed by atoms with E-state index in [0.29, 0.717) is 11.8 Å². The lowest BCUT2D eigenvalue weighted by Gasteiger charge is -2.43. The number of aromatic nitrogens is 2. The van der Waals surface area contributed by atoms with E-state index in [1.807, 2.05) is 26.8 Å². The Balaban J connectivity index is 0.000000281. The first-order valence-electron chi connectivity index (χ1n) is 18.1. The van der Waals surface area contributed by atoms with Gasteiger partial charge in [-0.2, -0.15) is 0 Å². The summed E-state index contributed by atoms with van der Waals surface area (Å²) in [5.41, 5.74) is 2.30. The number of aliphatic hydroxyl groups is 1. The maximum atomic E-state index is 11.5. The fraction of sp³-hybridized carbons (Fsp3) is 0.750. The van der Waals surface area contributed by atoms with Gasteiger partial charge in [0.2, 0.25) is 0 Å². The van der Waals surface area contributed by atoms with E-state index in [-0.39, 0.29) is 11.7 Å². The van der Waals surface area contributed by atoms with Crippen molar-refractivity contribution in [1.82, 2.24) is 29.8 Å². The molecule has 6 rings (SSSR count). The number of carbonyl (C=O) groups excluding carboxylic acids is 1. The number of hydrogen-bond acceptors (Lipinski definition) is 10. The molecule has 1 aromatic rings. The third kappa shape index (κ3) is 10.1. The molecule has 5 aliphatic rings. The Morgan fingerprint density at radius 3 is 2.36 bits per heavy atom. The second kappa shape index (κ2) is 16.5. The number of allylic oxidation sites excluding steroid dienone is 3. The van der Waals surface area contributed by atoms with Crippen molar-refractivity contribution in [2.24, 2.45) is 0 Å². The molecule has 3 fully saturated rings. The lowest BCUT2D eigenvalue weighted by Crippen LogP contribution is -2.51. The van der Waals surface area contributed by atoms with Gasteiger partial charge in [0.25, 0.3) is 0 Å². The van der Waals surface area contributed by atoms with Crippen molar-refractivity contribution in [3.63, 3.8) is 0 Å². The number of aliphatic hydroxyl groups excluding tert-OH is 1. The summed E-state index contributed by atoms with van der Waals surface area (Å²) in [5.74, 6) is 1.17. The highest BCUT2D eigenvalue weighted by atomic mass is 16.6. The molecule has 1 aromatic heterocycles. The predicted molar refractivity (Wildman–Crippen MR) is 190 cm³/mol. The second-order valence-electron chi connectivity index (χ2n) is 15.0. The van der Waals surface area contributed by atoms with Crippen molar-refractivity contribution < 1.29 is 14.6 Å². The molecule has 2 N–H and O–H groups in total. The van der Waals surface area contributed by atoms with Crippen LogP contribution in [0.4, 0.5) is 16.3 Å². The van der Waals surface area contributed by atoms with Crippen LogP contribution in [0.5, 0.6) is 0 Å². The van der Waals surface area contributed by atoms with Crippen molar-refractivity contribution in [3.05, 3.63) is 29.7 Å². The topological polar surface area (TPSA) is 101 Å². The molecule has 1 amide bonds. The number of carbonyl (C=O) groups is 1. The van der Waals surface area contributed by atoms with Crippen molar-refractivity contribution in [3.8, 4) is 0 Å². The summed E-state index contributed by atoms with van der Waals surface area (Å²) in [6.45, 7) is 16.2. The quantitative estimate of drug-likeness (QED) is 0.425. The van der Waals surface area contributed by atoms with Crippen molar-refractivity contribution in [2.75, 3.05) is 89.8 Å². The molecule has 4 aliphatic heterocycles. The molecule has 0 atom stereocenters. The third-order valence-corrected chi connectivity index (χ3v) is 10.3. The van der Waals surface area contributed by atoms with Gasteiger partial charge in [-0.15, -0.1) is 10.2 Å². The van der Waals surface area contributed by atoms with Gasteiger partial charge in [0, 0.05) is 56.9 Å². The van der Waals surface area contributed by atoms with Crippen LogP contribution in [0, 0.1) is 0 Å². The van der Waals surface area contributed by atoms with Crippen LogP contribution in [-0.4, -0.2) is 138 Å². The zero-order valence-corrected chi connectivity index (χ0v) is 29.7. The monoisotopic (exact) mass is 652 g/mol. The SMILES string of the molecule is CC(C)(C)OC(=O)N1CCCCC1.CN1CCC(N2CCC(N(C)CCN3CCNc4nnc(C5=CCCC=C5O)cc43)CC2)CC1. The normalized spacial score (nSPS) is 22.1. The standard InChI is InChI=1S/C26H41N7O.C10H19NO2/c1-30-12-7-21(8-13-30)32-14-9-20(10-15-32)31(2)17-18-33-16-11-27-26-24(33)19-23(28-29-26)22-5-3-4-6-25(22)34;1-10(2,3)13-9(12)11-7-5-4-6-8-11/h5-6,19-21,34H,3-4,7-18H2,1-2H3,(H,27,29);4-8H2,1-3H3. The summed E-state index contributed by atoms with van der Waals surface area (Å²) in [6.07, 6.45) is 14.3. The maximum absolute atomic E-state index is 11.5. The van der Waals surface area contributed by atoms with Gasteiger partial charge in [-0.25, -0.2) is 4.79 Å². The molecule has 0 spiro atoms. The van der Waals surface area contributed by atoms with Crippen LogP contribution in [0.1, 0.15) is 84.3 Å². The van der Waals surface area contributed by atoms with Crippen molar-refractivity contribution >= 4 is 23.2 Å². The smallest absolute Gasteiger partial charge is 0.410 e. The first kappa shape index (κ1) is 35.4. The Labute approximate surface area is 283 Å². The Morgan fingerprint density at radius 1 is 0.979 bits per heavy atom. The number of nitrogens with one attached hydrogen (secondary N) is 1. The molecule has 11 nitrogen and oxygen atoms in total. The summed E-state index contributed by atoms with van der Waals surface area (Å²) in [7, 11) is 4.54. The van der Waals surface area contributed by atoms with Crippen molar-refractivity contribution in [1.29, 1.82) is 0 Å². The van der Waals surface area contributed by atoms with E-state index in [1.165, 1.54) is 58.3 Å². The molecular formula is C36H60N8O3. The molecule has 47 heavy (non-hydrogen) atoms. The van der Waals surface area contributed by atoms with Crippen LogP contribution in [0.3, 0.4) is 0 Å². The Morgan fingerprint density at radius 2 is 1.68 bits per heavy atom. The molecule has 0 bridgehead atoms. The number of nitrogens with zero attached hydrogens (tertiary/aromatic N) is 7. The molecule has 0 radical (unpaired) electrons. The van der Waals surface area contributed by atoms with Crippen LogP contribution >= 0.6 is 0 Å². The highest BCUT2D eigenvalue weighted by Crippen LogP contribution is 2.32. The molecule has 11 heteroatoms. The van der Waals surface area contributed by atoms with E-state index >= 15 is 0 Å². The van der Waals surface area contributed by atoms with Gasteiger partial charge >= 0.3 is 6.09 Å². The Bertz CT molecular complexity index is 1230. The average Bonchev–Trinajstić information content (AvgIpc) is 3.07. The van der Waals surface area contributed by atoms with Crippen LogP contribution in [-0.2, 0) is 4.74 Å². The molecule has 5 heterocycles. The summed E-state index contributed by atoms with van der Waals surface area (Å²) < 4.78 is 5.26. The number of fused-ring (bicyclic) bond motifs is 1. The summed E-state index contributed by atoms with van der Waals surface area (Å²) >= 11 is 0. The highest BCUT2D eigenvalue weighted by molar-refractivity contribution is 5.79. The number of hydrogen-bond donors (Lipinski definition) is 2. The number of amides is 1. The van der Waals surface area contributed by atoms with Gasteiger partial charge in [-0.1, -0.05) is 6.08 Å². The highest BCUT2D eigenvalue weighted by Gasteiger charge is 2.29. The fourth-order valence-electron chi connectivity index (χ4n) is 7.36. The van der Waals surface area contributed by atoms with Crippen LogP contribution in [0.2, 0.25) is 0 Å². The fourth-order valence-corrected chi connectivity index (χ4v) is 7.36. The Kier molecular flexibility index (Phi) is 12.4. The number of anilines is 2. The third-order valence-electron chi connectivity index (χ3n) is 10.3. The van der Waals surface area contributed by atoms with E-state index in [4.69, 9.17) is 4.74 Å². The van der Waals surface area contributed by atoms with E-state index in [2.05, 4.69) is 61.4 Å². The average molecular weight is 653 g/mol. The second-order valence-corrected chi connectivity index (χ2v) is 15.0. The minimum atomic E-state index is -0.367. The van der Waals surface area contributed by atoms with Gasteiger partial charge in [0.1, 0.15) is 11.4 Å². The van der Waals surface area contributed by atoms with Crippen LogP contribution < -0.4 is 10.2 Å². The number of ether oxygens (including phenoxy) is 1. The zero-order valence-electron chi connectivity index (χ0n) is 29.7. The first-order valence-corrected chi connectivity index (χ1v) is 18.1. The number of piperidine rings is 3. The minimum Gasteiger partial charge on any atom is -0.508 e. The lowest BCUT2D eigenvalue weighted by molar-refractivity contribution is 0.0216. The van der Waals surface area contributed by atoms with E-state index in [9.17, 15) is 9.90 Å². The minimum absolute atomic E-state index is 0.160. The first-order chi connectivity index (χ1) is 22.6. The molecular weight excluding hydrogens is 592 g/mol. The Hall–Kier alpha value is -2.89. The van der Waals surface area contributed by atoms with E-state index in [0.717, 1.165) is 93.8 Å². The zero-order chi connectivity index (χ0) is 33.4. The van der Waals surface area contributed by atoms with Crippen LogP contribution in [0.25, 0.3) is 5.57 Å². The number of likely N-dealkylation sites (N-methyl/N-ethyl adjacent to an activating group) is 1. The van der Waals surface area contributed by atoms with Gasteiger partial charge in [-0.05, 0) is 131 Å². The molecule has 262 valence electrons. The molecule has 0 unspecified atom stereocenters. The van der Waals surface area contributed by atoms with Gasteiger partial charge in [0.15, 0.2) is 5.82 Å². The summed E-state index contributed by atoms with van der Waals surface area (Å²) in [6, 6.07) is 3.56. The molecule has 0 aromatic carbocycles. The van der Waals surface area contributed by atoms with Crippen LogP contribution in [0.15, 0.2) is 24.0 Å². The van der Waals surface area contributed by atoms with Gasteiger partial charge < -0.3 is 39.7 Å². The molecule has 0 saturated carbocycles. The van der Waals surface area contributed by atoms with Gasteiger partial charge in [-0.3, -0.25) is 0 Å². The maximum Gasteiger partial charge on any atom is 0.410 e. The lowest BCUT2D eigenvalue weighted by atomic mass is 9.97. The summed E-state index contributed by atoms with van der Waals surface area (Å²) in [5, 5.41) is 22.5. The number of likely N-dealkylation sites (tertiary alicyclic amines) is 3. The van der Waals surface area contributed by atoms with E-state index < -0.39 is 0 Å². The summed E-state index contributed by atoms with van der Waals surface area (Å²) in [4.78, 5) is 23.5. The van der Waals surface area contributed by atoms with Crippen molar-refractivity contribution in [2.45, 2.75) is 96.2 Å². The molecule has 3 saturated heterocycles. The largest absolute Gasteiger partial charge is 0.508 e. The number of rotatable bonds is 6. The predicted octanol–water partition coefficient (Wildman–Crippen LogP) is 5.23. The molecule has 1 aliphatic carbocycles. The van der Waals surface area contributed by atoms with Gasteiger partial charge in [0.05, 0.1) is 11.4 Å².